The first-order chi connectivity index (χ1) is 8.60. The van der Waals surface area contributed by atoms with E-state index in [1.54, 1.807) is 0 Å². The van der Waals surface area contributed by atoms with Gasteiger partial charge in [0.25, 0.3) is 0 Å². The van der Waals surface area contributed by atoms with Crippen molar-refractivity contribution < 1.29 is 4.79 Å². The van der Waals surface area contributed by atoms with Gasteiger partial charge in [0.2, 0.25) is 0 Å². The lowest BCUT2D eigenvalue weighted by atomic mass is 10.1. The van der Waals surface area contributed by atoms with E-state index in [1.807, 2.05) is 31.3 Å². The number of carbonyl (C=O) groups excluding carboxylic acids is 1. The summed E-state index contributed by atoms with van der Waals surface area (Å²) in [5, 5.41) is 0. The Balaban J connectivity index is 2.34. The van der Waals surface area contributed by atoms with Crippen LogP contribution in [0.25, 0.3) is 0 Å². The zero-order chi connectivity index (χ0) is 13.1. The second-order valence-electron chi connectivity index (χ2n) is 4.61. The summed E-state index contributed by atoms with van der Waals surface area (Å²) in [6.45, 7) is 4.19. The van der Waals surface area contributed by atoms with Gasteiger partial charge in [0.1, 0.15) is 6.29 Å². The number of hydrogen-bond acceptors (Lipinski definition) is 2. The van der Waals surface area contributed by atoms with Crippen molar-refractivity contribution in [2.75, 3.05) is 11.9 Å². The average Bonchev–Trinajstić information content (AvgIpc) is 2.37. The van der Waals surface area contributed by atoms with Crippen molar-refractivity contribution in [1.29, 1.82) is 0 Å². The molecule has 2 aromatic rings. The van der Waals surface area contributed by atoms with Gasteiger partial charge in [-0.25, -0.2) is 0 Å². The Hall–Kier alpha value is -2.09. The maximum absolute atomic E-state index is 10.6. The Morgan fingerprint density at radius 1 is 0.889 bits per heavy atom. The van der Waals surface area contributed by atoms with Gasteiger partial charge >= 0.3 is 0 Å². The molecule has 0 aliphatic rings. The van der Waals surface area contributed by atoms with E-state index >= 15 is 0 Å². The van der Waals surface area contributed by atoms with Gasteiger partial charge in [-0.2, -0.15) is 0 Å². The summed E-state index contributed by atoms with van der Waals surface area (Å²) in [5.74, 6) is 0. The van der Waals surface area contributed by atoms with E-state index in [4.69, 9.17) is 0 Å². The van der Waals surface area contributed by atoms with Gasteiger partial charge in [-0.15, -0.1) is 0 Å². The number of benzene rings is 2. The molecule has 0 saturated carbocycles. The van der Waals surface area contributed by atoms with Gasteiger partial charge in [0.15, 0.2) is 0 Å². The third-order valence-corrected chi connectivity index (χ3v) is 3.01. The van der Waals surface area contributed by atoms with Crippen LogP contribution in [0.15, 0.2) is 42.5 Å². The molecule has 0 spiro atoms. The van der Waals surface area contributed by atoms with Crippen LogP contribution in [0.3, 0.4) is 0 Å². The van der Waals surface area contributed by atoms with Crippen LogP contribution in [0.5, 0.6) is 0 Å². The molecule has 0 aromatic heterocycles. The van der Waals surface area contributed by atoms with Crippen molar-refractivity contribution >= 4 is 17.7 Å². The normalized spacial score (nSPS) is 10.2. The highest BCUT2D eigenvalue weighted by atomic mass is 16.1. The van der Waals surface area contributed by atoms with Crippen LogP contribution in [-0.2, 0) is 0 Å². The molecule has 0 aliphatic carbocycles. The van der Waals surface area contributed by atoms with Crippen molar-refractivity contribution in [3.63, 3.8) is 0 Å². The van der Waals surface area contributed by atoms with Crippen molar-refractivity contribution in [3.8, 4) is 0 Å². The van der Waals surface area contributed by atoms with E-state index < -0.39 is 0 Å². The highest BCUT2D eigenvalue weighted by molar-refractivity contribution is 5.76. The summed E-state index contributed by atoms with van der Waals surface area (Å²) in [4.78, 5) is 12.8. The van der Waals surface area contributed by atoms with Gasteiger partial charge in [-0.3, -0.25) is 4.79 Å². The Morgan fingerprint density at radius 2 is 1.44 bits per heavy atom. The minimum absolute atomic E-state index is 0.701. The number of aldehydes is 1. The van der Waals surface area contributed by atoms with Crippen molar-refractivity contribution in [2.45, 2.75) is 13.8 Å². The lowest BCUT2D eigenvalue weighted by molar-refractivity contribution is 0.112. The largest absolute Gasteiger partial charge is 0.345 e. The fourth-order valence-electron chi connectivity index (χ4n) is 2.07. The molecule has 0 atom stereocenters. The van der Waals surface area contributed by atoms with E-state index in [1.165, 1.54) is 11.1 Å². The lowest BCUT2D eigenvalue weighted by Crippen LogP contribution is -2.09. The van der Waals surface area contributed by atoms with Crippen LogP contribution in [0.4, 0.5) is 11.4 Å². The van der Waals surface area contributed by atoms with E-state index in [0.29, 0.717) is 5.56 Å². The van der Waals surface area contributed by atoms with E-state index in [0.717, 1.165) is 17.7 Å². The summed E-state index contributed by atoms with van der Waals surface area (Å²) >= 11 is 0. The molecule has 0 unspecified atom stereocenters. The third kappa shape index (κ3) is 2.59. The van der Waals surface area contributed by atoms with Crippen molar-refractivity contribution in [1.82, 2.24) is 0 Å². The predicted octanol–water partition coefficient (Wildman–Crippen LogP) is 3.88. The predicted molar refractivity (Wildman–Crippen MR) is 75.8 cm³/mol. The van der Waals surface area contributed by atoms with E-state index in [-0.39, 0.29) is 0 Å². The molecule has 2 heteroatoms. The molecule has 0 heterocycles. The highest BCUT2D eigenvalue weighted by Crippen LogP contribution is 2.25. The maximum atomic E-state index is 10.6. The average molecular weight is 239 g/mol. The van der Waals surface area contributed by atoms with E-state index in [2.05, 4.69) is 36.9 Å². The summed E-state index contributed by atoms with van der Waals surface area (Å²) < 4.78 is 0. The SMILES string of the molecule is Cc1cc(C)cc(N(C)c2ccc(C=O)cc2)c1. The van der Waals surface area contributed by atoms with Crippen molar-refractivity contribution in [2.24, 2.45) is 0 Å². The van der Waals surface area contributed by atoms with Gasteiger partial charge in [-0.1, -0.05) is 6.07 Å². The summed E-state index contributed by atoms with van der Waals surface area (Å²) in [7, 11) is 2.03. The van der Waals surface area contributed by atoms with Crippen LogP contribution < -0.4 is 4.90 Å². The molecule has 0 radical (unpaired) electrons. The molecule has 0 aliphatic heterocycles. The second-order valence-corrected chi connectivity index (χ2v) is 4.61. The molecule has 0 amide bonds. The fourth-order valence-corrected chi connectivity index (χ4v) is 2.07. The third-order valence-electron chi connectivity index (χ3n) is 3.01. The minimum Gasteiger partial charge on any atom is -0.345 e. The minimum atomic E-state index is 0.701. The molecular weight excluding hydrogens is 222 g/mol. The van der Waals surface area contributed by atoms with Gasteiger partial charge in [0, 0.05) is 24.0 Å². The maximum Gasteiger partial charge on any atom is 0.150 e. The van der Waals surface area contributed by atoms with Crippen LogP contribution in [-0.4, -0.2) is 13.3 Å². The van der Waals surface area contributed by atoms with Crippen LogP contribution in [0.2, 0.25) is 0 Å². The zero-order valence-electron chi connectivity index (χ0n) is 11.0. The first-order valence-corrected chi connectivity index (χ1v) is 5.97. The molecule has 0 fully saturated rings. The lowest BCUT2D eigenvalue weighted by Gasteiger charge is -2.20. The molecule has 0 saturated heterocycles. The first-order valence-electron chi connectivity index (χ1n) is 5.97. The highest BCUT2D eigenvalue weighted by Gasteiger charge is 2.05. The molecule has 18 heavy (non-hydrogen) atoms. The van der Waals surface area contributed by atoms with Gasteiger partial charge in [0.05, 0.1) is 0 Å². The molecule has 0 bridgehead atoms. The monoisotopic (exact) mass is 239 g/mol. The molecule has 0 N–H and O–H groups in total. The van der Waals surface area contributed by atoms with Gasteiger partial charge in [-0.05, 0) is 61.4 Å². The first kappa shape index (κ1) is 12.4. The van der Waals surface area contributed by atoms with Crippen LogP contribution in [0, 0.1) is 13.8 Å². The summed E-state index contributed by atoms with van der Waals surface area (Å²) in [6.07, 6.45) is 0.862. The quantitative estimate of drug-likeness (QED) is 0.757. The van der Waals surface area contributed by atoms with E-state index in [9.17, 15) is 4.79 Å². The Labute approximate surface area is 108 Å². The molecule has 2 aromatic carbocycles. The number of nitrogens with zero attached hydrogens (tertiary/aromatic N) is 1. The fraction of sp³-hybridized carbons (Fsp3) is 0.188. The summed E-state index contributed by atoms with van der Waals surface area (Å²) in [5.41, 5.74) is 5.44. The number of hydrogen-bond donors (Lipinski definition) is 0. The topological polar surface area (TPSA) is 20.3 Å². The van der Waals surface area contributed by atoms with Crippen molar-refractivity contribution in [3.05, 3.63) is 59.2 Å². The molecular formula is C16H17NO. The Kier molecular flexibility index (Phi) is 3.47. The Morgan fingerprint density at radius 3 is 1.94 bits per heavy atom. The zero-order valence-corrected chi connectivity index (χ0v) is 11.0. The summed E-state index contributed by atoms with van der Waals surface area (Å²) in [6, 6.07) is 14.1. The molecule has 92 valence electrons. The second kappa shape index (κ2) is 5.05. The molecule has 2 rings (SSSR count). The van der Waals surface area contributed by atoms with Gasteiger partial charge < -0.3 is 4.90 Å². The van der Waals surface area contributed by atoms with Crippen LogP contribution >= 0.6 is 0 Å². The Bertz CT molecular complexity index is 538. The number of rotatable bonds is 3. The number of aryl methyl sites for hydroxylation is 2. The van der Waals surface area contributed by atoms with Crippen LogP contribution in [0.1, 0.15) is 21.5 Å². The smallest absolute Gasteiger partial charge is 0.150 e. The number of anilines is 2. The standard InChI is InChI=1S/C16H17NO/c1-12-8-13(2)10-16(9-12)17(3)15-6-4-14(11-18)5-7-15/h4-11H,1-3H3. The molecule has 2 nitrogen and oxygen atoms in total. The number of carbonyl (C=O) groups is 1.